The van der Waals surface area contributed by atoms with Gasteiger partial charge in [-0.2, -0.15) is 0 Å². The molecule has 0 aliphatic rings. The van der Waals surface area contributed by atoms with Crippen LogP contribution in [0.15, 0.2) is 23.4 Å². The van der Waals surface area contributed by atoms with Crippen molar-refractivity contribution in [2.45, 2.75) is 0 Å². The molecule has 6 nitrogen and oxygen atoms in total. The number of nitrogens with zero attached hydrogens (tertiary/aromatic N) is 2. The number of hydrogen-bond donors (Lipinski definition) is 1. The van der Waals surface area contributed by atoms with E-state index < -0.39 is 4.92 Å². The quantitative estimate of drug-likeness (QED) is 0.343. The van der Waals surface area contributed by atoms with Crippen LogP contribution in [0.25, 0.3) is 0 Å². The molecule has 74 valence electrons. The number of non-ortho nitro benzene ring substituents is 1. The maximum atomic E-state index is 10.5. The summed E-state index contributed by atoms with van der Waals surface area (Å²) in [5.74, 6) is 0.342. The molecule has 0 radical (unpaired) electrons. The third-order valence-corrected chi connectivity index (χ3v) is 1.57. The number of nitro groups is 1. The number of nitro benzene ring substituents is 1. The van der Waals surface area contributed by atoms with Crippen molar-refractivity contribution in [1.82, 2.24) is 0 Å². The Morgan fingerprint density at radius 2 is 2.29 bits per heavy atom. The molecule has 6 heteroatoms. The Morgan fingerprint density at radius 3 is 2.79 bits per heavy atom. The van der Waals surface area contributed by atoms with Crippen LogP contribution < -0.4 is 4.74 Å². The molecular weight excluding hydrogens is 188 g/mol. The van der Waals surface area contributed by atoms with E-state index in [1.807, 2.05) is 0 Å². The summed E-state index contributed by atoms with van der Waals surface area (Å²) in [6.45, 7) is 0. The molecule has 1 N–H and O–H groups in total. The third-order valence-electron chi connectivity index (χ3n) is 1.57. The molecule has 0 heterocycles. The Labute approximate surface area is 79.6 Å². The van der Waals surface area contributed by atoms with Crippen molar-refractivity contribution in [2.24, 2.45) is 5.16 Å². The summed E-state index contributed by atoms with van der Waals surface area (Å²) in [6, 6.07) is 4.09. The van der Waals surface area contributed by atoms with Crippen LogP contribution in [0, 0.1) is 10.1 Å². The maximum Gasteiger partial charge on any atom is 0.273 e. The van der Waals surface area contributed by atoms with Crippen LogP contribution in [-0.4, -0.2) is 23.5 Å². The second kappa shape index (κ2) is 4.22. The van der Waals surface area contributed by atoms with E-state index in [-0.39, 0.29) is 5.69 Å². The van der Waals surface area contributed by atoms with Crippen molar-refractivity contribution >= 4 is 11.9 Å². The lowest BCUT2D eigenvalue weighted by atomic mass is 10.2. The molecule has 0 spiro atoms. The topological polar surface area (TPSA) is 85.0 Å². The van der Waals surface area contributed by atoms with Crippen LogP contribution in [0.4, 0.5) is 5.69 Å². The van der Waals surface area contributed by atoms with Gasteiger partial charge in [0.25, 0.3) is 5.69 Å². The lowest BCUT2D eigenvalue weighted by Gasteiger charge is -2.00. The molecule has 0 fully saturated rings. The Morgan fingerprint density at radius 1 is 1.57 bits per heavy atom. The van der Waals surface area contributed by atoms with Crippen molar-refractivity contribution in [3.05, 3.63) is 33.9 Å². The minimum atomic E-state index is -0.544. The summed E-state index contributed by atoms with van der Waals surface area (Å²) in [4.78, 5) is 9.92. The first kappa shape index (κ1) is 9.97. The van der Waals surface area contributed by atoms with Crippen molar-refractivity contribution in [3.63, 3.8) is 0 Å². The van der Waals surface area contributed by atoms with Crippen molar-refractivity contribution in [1.29, 1.82) is 0 Å². The van der Waals surface area contributed by atoms with Gasteiger partial charge < -0.3 is 9.94 Å². The van der Waals surface area contributed by atoms with Crippen molar-refractivity contribution in [3.8, 4) is 5.75 Å². The first-order chi connectivity index (χ1) is 6.67. The van der Waals surface area contributed by atoms with Crippen LogP contribution in [0.2, 0.25) is 0 Å². The third kappa shape index (κ3) is 2.19. The zero-order valence-electron chi connectivity index (χ0n) is 7.38. The lowest BCUT2D eigenvalue weighted by Crippen LogP contribution is -1.93. The molecule has 0 saturated heterocycles. The standard InChI is InChI=1S/C8H8N2O4/c1-14-8-3-6(5-9-11)2-7(4-8)10(12)13/h2-5,11H,1H3. The average molecular weight is 196 g/mol. The van der Waals surface area contributed by atoms with E-state index in [9.17, 15) is 10.1 Å². The van der Waals surface area contributed by atoms with E-state index in [1.54, 1.807) is 0 Å². The Hall–Kier alpha value is -2.11. The van der Waals surface area contributed by atoms with Crippen LogP contribution >= 0.6 is 0 Å². The molecule has 0 amide bonds. The summed E-state index contributed by atoms with van der Waals surface area (Å²) in [5.41, 5.74) is 0.290. The van der Waals surface area contributed by atoms with Crippen molar-refractivity contribution in [2.75, 3.05) is 7.11 Å². The zero-order valence-corrected chi connectivity index (χ0v) is 7.38. The van der Waals surface area contributed by atoms with Gasteiger partial charge in [0.05, 0.1) is 24.3 Å². The number of hydrogen-bond acceptors (Lipinski definition) is 5. The first-order valence-electron chi connectivity index (χ1n) is 3.68. The summed E-state index contributed by atoms with van der Waals surface area (Å²) < 4.78 is 4.84. The molecule has 1 aromatic carbocycles. The maximum absolute atomic E-state index is 10.5. The minimum absolute atomic E-state index is 0.112. The monoisotopic (exact) mass is 196 g/mol. The van der Waals surface area contributed by atoms with Gasteiger partial charge in [-0.3, -0.25) is 10.1 Å². The summed E-state index contributed by atoms with van der Waals surface area (Å²) in [5, 5.41) is 21.5. The highest BCUT2D eigenvalue weighted by atomic mass is 16.6. The SMILES string of the molecule is COc1cc(C=NO)cc([N+](=O)[O-])c1. The molecule has 0 aliphatic carbocycles. The van der Waals surface area contributed by atoms with Gasteiger partial charge >= 0.3 is 0 Å². The lowest BCUT2D eigenvalue weighted by molar-refractivity contribution is -0.384. The summed E-state index contributed by atoms with van der Waals surface area (Å²) >= 11 is 0. The predicted octanol–water partition coefficient (Wildman–Crippen LogP) is 1.41. The fourth-order valence-corrected chi connectivity index (χ4v) is 0.970. The molecule has 1 rings (SSSR count). The van der Waals surface area contributed by atoms with Gasteiger partial charge in [0, 0.05) is 11.6 Å². The van der Waals surface area contributed by atoms with Gasteiger partial charge in [-0.05, 0) is 6.07 Å². The summed E-state index contributed by atoms with van der Waals surface area (Å²) in [7, 11) is 1.40. The van der Waals surface area contributed by atoms with E-state index in [1.165, 1.54) is 25.3 Å². The van der Waals surface area contributed by atoms with E-state index >= 15 is 0 Å². The number of oxime groups is 1. The average Bonchev–Trinajstić information content (AvgIpc) is 2.17. The number of rotatable bonds is 3. The number of benzene rings is 1. The number of methoxy groups -OCH3 is 1. The first-order valence-corrected chi connectivity index (χ1v) is 3.68. The molecule has 0 bridgehead atoms. The molecule has 0 saturated carbocycles. The van der Waals surface area contributed by atoms with E-state index in [2.05, 4.69) is 5.16 Å². The van der Waals surface area contributed by atoms with Gasteiger partial charge in [0.1, 0.15) is 5.75 Å². The molecule has 0 aliphatic heterocycles. The molecule has 1 aromatic rings. The van der Waals surface area contributed by atoms with E-state index in [0.29, 0.717) is 11.3 Å². The minimum Gasteiger partial charge on any atom is -0.496 e. The highest BCUT2D eigenvalue weighted by Crippen LogP contribution is 2.21. The van der Waals surface area contributed by atoms with Gasteiger partial charge in [0.2, 0.25) is 0 Å². The second-order valence-corrected chi connectivity index (χ2v) is 2.47. The second-order valence-electron chi connectivity index (χ2n) is 2.47. The predicted molar refractivity (Wildman–Crippen MR) is 49.0 cm³/mol. The normalized spacial score (nSPS) is 10.4. The fourth-order valence-electron chi connectivity index (χ4n) is 0.970. The molecule has 0 aromatic heterocycles. The highest BCUT2D eigenvalue weighted by Gasteiger charge is 2.08. The van der Waals surface area contributed by atoms with Crippen LogP contribution in [0.1, 0.15) is 5.56 Å². The fraction of sp³-hybridized carbons (Fsp3) is 0.125. The highest BCUT2D eigenvalue weighted by molar-refractivity contribution is 5.81. The molecule has 0 atom stereocenters. The Kier molecular flexibility index (Phi) is 3.01. The van der Waals surface area contributed by atoms with Crippen LogP contribution in [0.3, 0.4) is 0 Å². The smallest absolute Gasteiger partial charge is 0.273 e. The van der Waals surface area contributed by atoms with Gasteiger partial charge in [-0.1, -0.05) is 5.16 Å². The van der Waals surface area contributed by atoms with Crippen LogP contribution in [-0.2, 0) is 0 Å². The van der Waals surface area contributed by atoms with Gasteiger partial charge in [-0.25, -0.2) is 0 Å². The van der Waals surface area contributed by atoms with Gasteiger partial charge in [-0.15, -0.1) is 0 Å². The Balaban J connectivity index is 3.19. The van der Waals surface area contributed by atoms with E-state index in [4.69, 9.17) is 9.94 Å². The van der Waals surface area contributed by atoms with Crippen molar-refractivity contribution < 1.29 is 14.9 Å². The number of ether oxygens (including phenoxy) is 1. The van der Waals surface area contributed by atoms with E-state index in [0.717, 1.165) is 6.21 Å². The summed E-state index contributed by atoms with van der Waals surface area (Å²) in [6.07, 6.45) is 1.09. The molecule has 14 heavy (non-hydrogen) atoms. The molecular formula is C8H8N2O4. The Bertz CT molecular complexity index is 376. The van der Waals surface area contributed by atoms with Gasteiger partial charge in [0.15, 0.2) is 0 Å². The molecule has 0 unspecified atom stereocenters. The largest absolute Gasteiger partial charge is 0.496 e. The van der Waals surface area contributed by atoms with Crippen LogP contribution in [0.5, 0.6) is 5.75 Å². The zero-order chi connectivity index (χ0) is 10.6.